The second kappa shape index (κ2) is 7.61. The van der Waals surface area contributed by atoms with Crippen molar-refractivity contribution >= 4 is 15.9 Å². The van der Waals surface area contributed by atoms with E-state index in [9.17, 15) is 0 Å². The van der Waals surface area contributed by atoms with E-state index in [0.29, 0.717) is 18.0 Å². The van der Waals surface area contributed by atoms with E-state index in [1.54, 1.807) is 14.2 Å². The number of halogens is 1. The van der Waals surface area contributed by atoms with E-state index >= 15 is 0 Å². The first-order valence-corrected chi connectivity index (χ1v) is 6.70. The van der Waals surface area contributed by atoms with Crippen molar-refractivity contribution in [3.63, 3.8) is 0 Å². The summed E-state index contributed by atoms with van der Waals surface area (Å²) in [5.41, 5.74) is 1.08. The van der Waals surface area contributed by atoms with E-state index in [4.69, 9.17) is 14.6 Å². The van der Waals surface area contributed by atoms with Crippen molar-refractivity contribution in [2.75, 3.05) is 20.8 Å². The smallest absolute Gasteiger partial charge is 0.174 e. The number of hydrogen-bond acceptors (Lipinski definition) is 4. The normalized spacial score (nSPS) is 12.3. The number of aliphatic hydroxyl groups is 1. The van der Waals surface area contributed by atoms with Gasteiger partial charge in [0.05, 0.1) is 25.3 Å². The van der Waals surface area contributed by atoms with E-state index in [1.165, 1.54) is 0 Å². The highest BCUT2D eigenvalue weighted by molar-refractivity contribution is 9.10. The minimum absolute atomic E-state index is 0.122. The SMILES string of the molecule is CCC(CO)NCc1cc(Br)c(OC)c(OC)c1. The summed E-state index contributed by atoms with van der Waals surface area (Å²) in [7, 11) is 3.23. The van der Waals surface area contributed by atoms with Crippen molar-refractivity contribution in [2.45, 2.75) is 25.9 Å². The molecule has 0 bridgehead atoms. The molecule has 4 nitrogen and oxygen atoms in total. The predicted molar refractivity (Wildman–Crippen MR) is 75.3 cm³/mol. The van der Waals surface area contributed by atoms with Gasteiger partial charge in [0.15, 0.2) is 11.5 Å². The van der Waals surface area contributed by atoms with Gasteiger partial charge in [-0.25, -0.2) is 0 Å². The second-order valence-corrected chi connectivity index (χ2v) is 4.84. The van der Waals surface area contributed by atoms with Crippen molar-refractivity contribution < 1.29 is 14.6 Å². The van der Waals surface area contributed by atoms with Crippen LogP contribution in [-0.4, -0.2) is 32.0 Å². The van der Waals surface area contributed by atoms with Crippen molar-refractivity contribution in [1.82, 2.24) is 5.32 Å². The number of nitrogens with one attached hydrogen (secondary N) is 1. The highest BCUT2D eigenvalue weighted by Gasteiger charge is 2.11. The Hall–Kier alpha value is -0.780. The molecule has 0 fully saturated rings. The lowest BCUT2D eigenvalue weighted by Crippen LogP contribution is -2.31. The number of methoxy groups -OCH3 is 2. The minimum Gasteiger partial charge on any atom is -0.493 e. The van der Waals surface area contributed by atoms with Gasteiger partial charge >= 0.3 is 0 Å². The number of rotatable bonds is 7. The number of aliphatic hydroxyl groups excluding tert-OH is 1. The zero-order chi connectivity index (χ0) is 13.5. The van der Waals surface area contributed by atoms with Crippen molar-refractivity contribution in [1.29, 1.82) is 0 Å². The molecule has 0 saturated carbocycles. The van der Waals surface area contributed by atoms with E-state index in [-0.39, 0.29) is 12.6 Å². The Balaban J connectivity index is 2.81. The average Bonchev–Trinajstić information content (AvgIpc) is 2.39. The molecule has 102 valence electrons. The summed E-state index contributed by atoms with van der Waals surface area (Å²) in [5.74, 6) is 1.39. The fourth-order valence-corrected chi connectivity index (χ4v) is 2.32. The monoisotopic (exact) mass is 317 g/mol. The summed E-state index contributed by atoms with van der Waals surface area (Å²) in [5, 5.41) is 12.4. The molecule has 0 heterocycles. The third-order valence-corrected chi connectivity index (χ3v) is 3.39. The summed E-state index contributed by atoms with van der Waals surface area (Å²) in [6.45, 7) is 2.86. The molecule has 0 saturated heterocycles. The summed E-state index contributed by atoms with van der Waals surface area (Å²) >= 11 is 3.46. The fraction of sp³-hybridized carbons (Fsp3) is 0.538. The van der Waals surface area contributed by atoms with Gasteiger partial charge in [0, 0.05) is 12.6 Å². The Kier molecular flexibility index (Phi) is 6.46. The Morgan fingerprint density at radius 2 is 2.06 bits per heavy atom. The zero-order valence-electron chi connectivity index (χ0n) is 11.0. The summed E-state index contributed by atoms with van der Waals surface area (Å²) < 4.78 is 11.4. The molecule has 0 spiro atoms. The molecular weight excluding hydrogens is 298 g/mol. The number of benzene rings is 1. The van der Waals surface area contributed by atoms with Gasteiger partial charge in [0.2, 0.25) is 0 Å². The van der Waals surface area contributed by atoms with Crippen LogP contribution in [0, 0.1) is 0 Å². The van der Waals surface area contributed by atoms with Crippen LogP contribution in [-0.2, 0) is 6.54 Å². The molecule has 0 aliphatic rings. The summed E-state index contributed by atoms with van der Waals surface area (Å²) in [6.07, 6.45) is 0.894. The van der Waals surface area contributed by atoms with Gasteiger partial charge in [-0.2, -0.15) is 0 Å². The summed E-state index contributed by atoms with van der Waals surface area (Å²) in [4.78, 5) is 0. The van der Waals surface area contributed by atoms with E-state index in [0.717, 1.165) is 16.5 Å². The molecule has 2 N–H and O–H groups in total. The van der Waals surface area contributed by atoms with Crippen LogP contribution < -0.4 is 14.8 Å². The van der Waals surface area contributed by atoms with Gasteiger partial charge in [0.1, 0.15) is 0 Å². The maximum Gasteiger partial charge on any atom is 0.174 e. The quantitative estimate of drug-likeness (QED) is 0.810. The number of ether oxygens (including phenoxy) is 2. The van der Waals surface area contributed by atoms with Crippen molar-refractivity contribution in [3.05, 3.63) is 22.2 Å². The lowest BCUT2D eigenvalue weighted by molar-refractivity contribution is 0.238. The number of hydrogen-bond donors (Lipinski definition) is 2. The van der Waals surface area contributed by atoms with Crippen LogP contribution in [0.15, 0.2) is 16.6 Å². The van der Waals surface area contributed by atoms with Gasteiger partial charge in [0.25, 0.3) is 0 Å². The largest absolute Gasteiger partial charge is 0.493 e. The van der Waals surface area contributed by atoms with E-state index < -0.39 is 0 Å². The van der Waals surface area contributed by atoms with E-state index in [1.807, 2.05) is 19.1 Å². The molecule has 0 aromatic heterocycles. The lowest BCUT2D eigenvalue weighted by Gasteiger charge is -2.16. The molecule has 0 aliphatic heterocycles. The first kappa shape index (κ1) is 15.3. The zero-order valence-corrected chi connectivity index (χ0v) is 12.6. The third-order valence-electron chi connectivity index (χ3n) is 2.80. The average molecular weight is 318 g/mol. The van der Waals surface area contributed by atoms with Gasteiger partial charge in [-0.3, -0.25) is 0 Å². The standard InChI is InChI=1S/C13H20BrNO3/c1-4-10(8-16)15-7-9-5-11(14)13(18-3)12(6-9)17-2/h5-6,10,15-16H,4,7-8H2,1-3H3. The highest BCUT2D eigenvalue weighted by Crippen LogP contribution is 2.36. The van der Waals surface area contributed by atoms with Gasteiger partial charge in [-0.1, -0.05) is 6.92 Å². The van der Waals surface area contributed by atoms with Crippen LogP contribution in [0.3, 0.4) is 0 Å². The molecule has 0 radical (unpaired) electrons. The molecule has 1 aromatic carbocycles. The first-order valence-electron chi connectivity index (χ1n) is 5.90. The molecule has 0 amide bonds. The predicted octanol–water partition coefficient (Wildman–Crippen LogP) is 2.33. The van der Waals surface area contributed by atoms with Crippen LogP contribution in [0.5, 0.6) is 11.5 Å². The molecule has 1 unspecified atom stereocenters. The Morgan fingerprint density at radius 3 is 2.56 bits per heavy atom. The highest BCUT2D eigenvalue weighted by atomic mass is 79.9. The molecule has 0 aliphatic carbocycles. The molecule has 1 aromatic rings. The third kappa shape index (κ3) is 3.86. The minimum atomic E-state index is 0.122. The van der Waals surface area contributed by atoms with Crippen LogP contribution >= 0.6 is 15.9 Å². The topological polar surface area (TPSA) is 50.7 Å². The van der Waals surface area contributed by atoms with Crippen LogP contribution in [0.4, 0.5) is 0 Å². The fourth-order valence-electron chi connectivity index (χ4n) is 1.67. The lowest BCUT2D eigenvalue weighted by atomic mass is 10.1. The Morgan fingerprint density at radius 1 is 1.33 bits per heavy atom. The summed E-state index contributed by atoms with van der Waals surface area (Å²) in [6, 6.07) is 4.04. The molecule has 18 heavy (non-hydrogen) atoms. The van der Waals surface area contributed by atoms with Crippen LogP contribution in [0.2, 0.25) is 0 Å². The first-order chi connectivity index (χ1) is 8.65. The van der Waals surface area contributed by atoms with Crippen LogP contribution in [0.1, 0.15) is 18.9 Å². The maximum absolute atomic E-state index is 9.13. The van der Waals surface area contributed by atoms with Gasteiger partial charge in [-0.15, -0.1) is 0 Å². The van der Waals surface area contributed by atoms with Crippen molar-refractivity contribution in [3.8, 4) is 11.5 Å². The van der Waals surface area contributed by atoms with Gasteiger partial charge in [-0.05, 0) is 40.0 Å². The second-order valence-electron chi connectivity index (χ2n) is 3.98. The Labute approximate surface area is 116 Å². The molecular formula is C13H20BrNO3. The Bertz CT molecular complexity index is 381. The maximum atomic E-state index is 9.13. The van der Waals surface area contributed by atoms with Gasteiger partial charge < -0.3 is 19.9 Å². The van der Waals surface area contributed by atoms with Crippen molar-refractivity contribution in [2.24, 2.45) is 0 Å². The molecule has 5 heteroatoms. The van der Waals surface area contributed by atoms with E-state index in [2.05, 4.69) is 21.2 Å². The van der Waals surface area contributed by atoms with Crippen LogP contribution in [0.25, 0.3) is 0 Å². The molecule has 1 atom stereocenters. The molecule has 1 rings (SSSR count).